The topological polar surface area (TPSA) is 101 Å². The first-order valence-corrected chi connectivity index (χ1v) is 6.70. The summed E-state index contributed by atoms with van der Waals surface area (Å²) in [5.41, 5.74) is -0.628. The minimum absolute atomic E-state index is 0.113. The smallest absolute Gasteiger partial charge is 0.347 e. The van der Waals surface area contributed by atoms with Crippen LogP contribution in [0.2, 0.25) is 0 Å². The highest BCUT2D eigenvalue weighted by Crippen LogP contribution is 2.22. The Balaban J connectivity index is 2.69. The maximum atomic E-state index is 12.0. The first kappa shape index (κ1) is 16.9. The summed E-state index contributed by atoms with van der Waals surface area (Å²) in [5.74, 6) is -1.37. The Labute approximate surface area is 123 Å². The Morgan fingerprint density at radius 2 is 2.10 bits per heavy atom. The number of carbonyl (C=O) groups excluding carboxylic acids is 1. The van der Waals surface area contributed by atoms with Crippen LogP contribution in [0.25, 0.3) is 0 Å². The normalized spacial score (nSPS) is 12.7. The SMILES string of the molecule is CC(C)(C)CC(CC(=O)O)NC(=O)Cn1cccnc1=O. The summed E-state index contributed by atoms with van der Waals surface area (Å²) in [4.78, 5) is 37.8. The van der Waals surface area contributed by atoms with Crippen LogP contribution in [-0.2, 0) is 16.1 Å². The average Bonchev–Trinajstić information content (AvgIpc) is 2.28. The maximum absolute atomic E-state index is 12.0. The van der Waals surface area contributed by atoms with Gasteiger partial charge in [-0.2, -0.15) is 0 Å². The van der Waals surface area contributed by atoms with E-state index < -0.39 is 23.6 Å². The minimum Gasteiger partial charge on any atom is -0.481 e. The molecule has 0 aliphatic heterocycles. The fourth-order valence-electron chi connectivity index (χ4n) is 2.06. The summed E-state index contributed by atoms with van der Waals surface area (Å²) in [5, 5.41) is 11.6. The zero-order valence-corrected chi connectivity index (χ0v) is 12.5. The van der Waals surface area contributed by atoms with Crippen LogP contribution in [0.3, 0.4) is 0 Å². The summed E-state index contributed by atoms with van der Waals surface area (Å²) in [6.07, 6.45) is 3.20. The van der Waals surface area contributed by atoms with Gasteiger partial charge in [0.15, 0.2) is 0 Å². The Bertz CT molecular complexity index is 560. The molecule has 1 heterocycles. The third-order valence-corrected chi connectivity index (χ3v) is 2.74. The summed E-state index contributed by atoms with van der Waals surface area (Å²) < 4.78 is 1.17. The van der Waals surface area contributed by atoms with Crippen LogP contribution in [0.4, 0.5) is 0 Å². The molecule has 0 saturated carbocycles. The molecule has 0 spiro atoms. The fraction of sp³-hybridized carbons (Fsp3) is 0.571. The van der Waals surface area contributed by atoms with Crippen LogP contribution in [0.5, 0.6) is 0 Å². The van der Waals surface area contributed by atoms with Gasteiger partial charge in [0, 0.05) is 18.4 Å². The second kappa shape index (κ2) is 7.01. The van der Waals surface area contributed by atoms with Gasteiger partial charge in [-0.1, -0.05) is 20.8 Å². The van der Waals surface area contributed by atoms with E-state index in [0.717, 1.165) is 0 Å². The van der Waals surface area contributed by atoms with E-state index in [1.165, 1.54) is 17.0 Å². The van der Waals surface area contributed by atoms with Gasteiger partial charge in [-0.3, -0.25) is 14.2 Å². The lowest BCUT2D eigenvalue weighted by Gasteiger charge is -2.25. The van der Waals surface area contributed by atoms with Gasteiger partial charge in [-0.25, -0.2) is 9.78 Å². The van der Waals surface area contributed by atoms with Gasteiger partial charge in [0.05, 0.1) is 6.42 Å². The molecule has 7 nitrogen and oxygen atoms in total. The van der Waals surface area contributed by atoms with Crippen LogP contribution in [0.15, 0.2) is 23.3 Å². The number of hydrogen-bond acceptors (Lipinski definition) is 4. The van der Waals surface area contributed by atoms with E-state index in [4.69, 9.17) is 5.11 Å². The molecule has 116 valence electrons. The van der Waals surface area contributed by atoms with Crippen molar-refractivity contribution in [1.29, 1.82) is 0 Å². The van der Waals surface area contributed by atoms with Crippen LogP contribution >= 0.6 is 0 Å². The van der Waals surface area contributed by atoms with Crippen molar-refractivity contribution in [3.63, 3.8) is 0 Å². The first-order valence-electron chi connectivity index (χ1n) is 6.70. The Hall–Kier alpha value is -2.18. The van der Waals surface area contributed by atoms with Crippen molar-refractivity contribution in [1.82, 2.24) is 14.9 Å². The largest absolute Gasteiger partial charge is 0.481 e. The van der Waals surface area contributed by atoms with Gasteiger partial charge < -0.3 is 10.4 Å². The lowest BCUT2D eigenvalue weighted by atomic mass is 9.87. The molecule has 1 aromatic heterocycles. The number of amides is 1. The van der Waals surface area contributed by atoms with Gasteiger partial charge in [0.2, 0.25) is 5.91 Å². The quantitative estimate of drug-likeness (QED) is 0.802. The monoisotopic (exact) mass is 295 g/mol. The van der Waals surface area contributed by atoms with Crippen LogP contribution in [-0.4, -0.2) is 32.6 Å². The van der Waals surface area contributed by atoms with Crippen LogP contribution in [0, 0.1) is 5.41 Å². The number of hydrogen-bond donors (Lipinski definition) is 2. The number of nitrogens with zero attached hydrogens (tertiary/aromatic N) is 2. The van der Waals surface area contributed by atoms with E-state index >= 15 is 0 Å². The second-order valence-corrected chi connectivity index (χ2v) is 6.16. The molecular weight excluding hydrogens is 274 g/mol. The van der Waals surface area contributed by atoms with E-state index in [-0.39, 0.29) is 18.4 Å². The van der Waals surface area contributed by atoms with Gasteiger partial charge in [0.1, 0.15) is 6.54 Å². The van der Waals surface area contributed by atoms with Crippen LogP contribution < -0.4 is 11.0 Å². The van der Waals surface area contributed by atoms with Gasteiger partial charge in [-0.05, 0) is 17.9 Å². The fourth-order valence-corrected chi connectivity index (χ4v) is 2.06. The van der Waals surface area contributed by atoms with E-state index in [1.807, 2.05) is 20.8 Å². The molecule has 0 aliphatic carbocycles. The lowest BCUT2D eigenvalue weighted by molar-refractivity contribution is -0.137. The molecule has 7 heteroatoms. The van der Waals surface area contributed by atoms with E-state index in [2.05, 4.69) is 10.3 Å². The molecule has 0 fully saturated rings. The Morgan fingerprint density at radius 1 is 1.43 bits per heavy atom. The number of carbonyl (C=O) groups is 2. The average molecular weight is 295 g/mol. The van der Waals surface area contributed by atoms with Crippen molar-refractivity contribution < 1.29 is 14.7 Å². The number of nitrogens with one attached hydrogen (secondary N) is 1. The predicted molar refractivity (Wildman–Crippen MR) is 76.8 cm³/mol. The molecule has 0 aromatic carbocycles. The van der Waals surface area contributed by atoms with Crippen molar-refractivity contribution in [2.45, 2.75) is 46.2 Å². The van der Waals surface area contributed by atoms with Gasteiger partial charge in [0.25, 0.3) is 0 Å². The molecule has 1 rings (SSSR count). The molecule has 1 amide bonds. The summed E-state index contributed by atoms with van der Waals surface area (Å²) in [7, 11) is 0. The molecule has 21 heavy (non-hydrogen) atoms. The molecule has 1 aromatic rings. The summed E-state index contributed by atoms with van der Waals surface area (Å²) in [6.45, 7) is 5.74. The third-order valence-electron chi connectivity index (χ3n) is 2.74. The number of carboxylic acid groups (broad SMARTS) is 1. The predicted octanol–water partition coefficient (Wildman–Crippen LogP) is 0.639. The summed E-state index contributed by atoms with van der Waals surface area (Å²) in [6, 6.07) is 1.08. The van der Waals surface area contributed by atoms with E-state index in [1.54, 1.807) is 6.07 Å². The van der Waals surface area contributed by atoms with Crippen molar-refractivity contribution in [3.05, 3.63) is 28.9 Å². The first-order chi connectivity index (χ1) is 9.67. The zero-order valence-electron chi connectivity index (χ0n) is 12.5. The van der Waals surface area contributed by atoms with Crippen LogP contribution in [0.1, 0.15) is 33.6 Å². The van der Waals surface area contributed by atoms with E-state index in [0.29, 0.717) is 6.42 Å². The maximum Gasteiger partial charge on any atom is 0.347 e. The molecule has 1 unspecified atom stereocenters. The van der Waals surface area contributed by atoms with Gasteiger partial charge in [-0.15, -0.1) is 0 Å². The highest BCUT2D eigenvalue weighted by molar-refractivity contribution is 5.77. The number of carboxylic acids is 1. The molecule has 0 radical (unpaired) electrons. The third kappa shape index (κ3) is 6.69. The number of aliphatic carboxylic acids is 1. The minimum atomic E-state index is -0.969. The number of rotatable bonds is 6. The second-order valence-electron chi connectivity index (χ2n) is 6.16. The lowest BCUT2D eigenvalue weighted by Crippen LogP contribution is -2.42. The Kier molecular flexibility index (Phi) is 5.63. The molecular formula is C14H21N3O4. The zero-order chi connectivity index (χ0) is 16.0. The molecule has 0 aliphatic rings. The van der Waals surface area contributed by atoms with E-state index in [9.17, 15) is 14.4 Å². The summed E-state index contributed by atoms with van der Waals surface area (Å²) >= 11 is 0. The highest BCUT2D eigenvalue weighted by atomic mass is 16.4. The molecule has 0 saturated heterocycles. The van der Waals surface area contributed by atoms with Crippen molar-refractivity contribution in [2.24, 2.45) is 5.41 Å². The standard InChI is InChI=1S/C14H21N3O4/c1-14(2,3)8-10(7-12(19)20)16-11(18)9-17-6-4-5-15-13(17)21/h4-6,10H,7-9H2,1-3H3,(H,16,18)(H,19,20). The molecule has 1 atom stereocenters. The van der Waals surface area contributed by atoms with Crippen molar-refractivity contribution in [2.75, 3.05) is 0 Å². The highest BCUT2D eigenvalue weighted by Gasteiger charge is 2.22. The van der Waals surface area contributed by atoms with Crippen molar-refractivity contribution in [3.8, 4) is 0 Å². The molecule has 0 bridgehead atoms. The molecule has 2 N–H and O–H groups in total. The van der Waals surface area contributed by atoms with Gasteiger partial charge >= 0.3 is 11.7 Å². The van der Waals surface area contributed by atoms with Crippen molar-refractivity contribution >= 4 is 11.9 Å². The Morgan fingerprint density at radius 3 is 2.62 bits per heavy atom. The number of aromatic nitrogens is 2.